The number of esters is 2. The van der Waals surface area contributed by atoms with Crippen molar-refractivity contribution in [3.05, 3.63) is 111 Å². The Bertz CT molecular complexity index is 1940. The van der Waals surface area contributed by atoms with Crippen molar-refractivity contribution in [1.82, 2.24) is 4.57 Å². The zero-order valence-corrected chi connectivity index (χ0v) is 26.2. The van der Waals surface area contributed by atoms with Crippen LogP contribution in [0.2, 0.25) is 15.1 Å². The minimum Gasteiger partial charge on any atom is -0.463 e. The zero-order chi connectivity index (χ0) is 30.8. The summed E-state index contributed by atoms with van der Waals surface area (Å²) in [5, 5.41) is 3.93. The molecule has 5 rings (SSSR count). The first-order valence-corrected chi connectivity index (χ1v) is 15.0. The van der Waals surface area contributed by atoms with Crippen molar-refractivity contribution in [2.24, 2.45) is 4.99 Å². The number of thiazole rings is 1. The third-order valence-corrected chi connectivity index (χ3v) is 8.25. The van der Waals surface area contributed by atoms with Crippen molar-refractivity contribution >= 4 is 75.7 Å². The van der Waals surface area contributed by atoms with Crippen molar-refractivity contribution in [2.75, 3.05) is 18.5 Å². The molecule has 0 radical (unpaired) electrons. The molecule has 2 aromatic heterocycles. The summed E-state index contributed by atoms with van der Waals surface area (Å²) in [6, 6.07) is 12.8. The second-order valence-electron chi connectivity index (χ2n) is 9.19. The van der Waals surface area contributed by atoms with E-state index in [1.165, 1.54) is 10.6 Å². The molecule has 1 atom stereocenters. The van der Waals surface area contributed by atoms with Crippen LogP contribution in [0.1, 0.15) is 48.5 Å². The first-order valence-electron chi connectivity index (χ1n) is 13.1. The number of fused-ring (bicyclic) bond motifs is 1. The molecule has 1 aliphatic rings. The minimum absolute atomic E-state index is 0.0178. The highest BCUT2D eigenvalue weighted by Gasteiger charge is 2.33. The molecule has 0 saturated carbocycles. The van der Waals surface area contributed by atoms with Crippen LogP contribution in [-0.4, -0.2) is 29.7 Å². The molecule has 0 aliphatic carbocycles. The third-order valence-electron chi connectivity index (χ3n) is 6.40. The largest absolute Gasteiger partial charge is 0.463 e. The number of carbonyl (C=O) groups excluding carboxylic acids is 2. The van der Waals surface area contributed by atoms with Gasteiger partial charge in [0.1, 0.15) is 10.6 Å². The van der Waals surface area contributed by atoms with Crippen molar-refractivity contribution < 1.29 is 23.5 Å². The molecule has 2 aromatic carbocycles. The topological polar surface area (TPSA) is 112 Å². The lowest BCUT2D eigenvalue weighted by molar-refractivity contribution is -0.139. The summed E-state index contributed by atoms with van der Waals surface area (Å²) in [6.07, 6.45) is 1.43. The van der Waals surface area contributed by atoms with E-state index in [0.29, 0.717) is 31.8 Å². The van der Waals surface area contributed by atoms with Crippen LogP contribution in [0.3, 0.4) is 0 Å². The number of ether oxygens (including phenoxy) is 2. The maximum absolute atomic E-state index is 13.9. The normalized spacial score (nSPS) is 14.7. The second kappa shape index (κ2) is 12.8. The van der Waals surface area contributed by atoms with Gasteiger partial charge in [0.25, 0.3) is 5.56 Å². The van der Waals surface area contributed by atoms with Crippen molar-refractivity contribution in [3.63, 3.8) is 0 Å². The van der Waals surface area contributed by atoms with E-state index in [-0.39, 0.29) is 45.5 Å². The average molecular weight is 661 g/mol. The molecular formula is C30H24Cl3N3O6S. The Kier molecular flexibility index (Phi) is 9.12. The van der Waals surface area contributed by atoms with E-state index in [2.05, 4.69) is 10.3 Å². The molecule has 0 saturated heterocycles. The number of nitrogens with one attached hydrogen (secondary N) is 1. The fraction of sp³-hybridized carbons (Fsp3) is 0.200. The van der Waals surface area contributed by atoms with E-state index >= 15 is 0 Å². The molecule has 1 N–H and O–H groups in total. The summed E-state index contributed by atoms with van der Waals surface area (Å²) in [7, 11) is 0. The molecule has 222 valence electrons. The maximum atomic E-state index is 13.9. The maximum Gasteiger partial charge on any atom is 0.345 e. The summed E-state index contributed by atoms with van der Waals surface area (Å²) >= 11 is 20.0. The molecule has 13 heteroatoms. The number of hydrogen-bond donors (Lipinski definition) is 1. The van der Waals surface area contributed by atoms with Gasteiger partial charge >= 0.3 is 11.9 Å². The molecule has 3 heterocycles. The first kappa shape index (κ1) is 30.6. The highest BCUT2D eigenvalue weighted by molar-refractivity contribution is 7.07. The average Bonchev–Trinajstić information content (AvgIpc) is 3.43. The summed E-state index contributed by atoms with van der Waals surface area (Å²) < 4.78 is 18.1. The zero-order valence-electron chi connectivity index (χ0n) is 23.1. The molecule has 9 nitrogen and oxygen atoms in total. The van der Waals surface area contributed by atoms with Crippen LogP contribution in [0.4, 0.5) is 11.6 Å². The van der Waals surface area contributed by atoms with Crippen LogP contribution < -0.4 is 20.2 Å². The van der Waals surface area contributed by atoms with Crippen molar-refractivity contribution in [2.45, 2.75) is 26.8 Å². The van der Waals surface area contributed by atoms with Gasteiger partial charge in [0.2, 0.25) is 5.88 Å². The summed E-state index contributed by atoms with van der Waals surface area (Å²) in [6.45, 7) is 5.32. The number of halogens is 3. The molecule has 0 amide bonds. The van der Waals surface area contributed by atoms with E-state index < -0.39 is 23.5 Å². The minimum atomic E-state index is -0.822. The number of aromatic nitrogens is 1. The lowest BCUT2D eigenvalue weighted by atomic mass is 9.96. The number of carbonyl (C=O) groups is 2. The second-order valence-corrected chi connectivity index (χ2v) is 11.5. The van der Waals surface area contributed by atoms with E-state index in [1.54, 1.807) is 69.3 Å². The lowest BCUT2D eigenvalue weighted by Crippen LogP contribution is -2.39. The SMILES string of the molecule is CCOC(=O)C1=C(C)N=c2s/c(=C\c3oc(Nc4cccc(Cl)c4)c(C(=O)OCC)c3Cl)c(=O)n2[C@@H]1c1ccc(Cl)cc1. The van der Waals surface area contributed by atoms with E-state index in [0.717, 1.165) is 11.3 Å². The third kappa shape index (κ3) is 6.14. The van der Waals surface area contributed by atoms with Gasteiger partial charge in [-0.3, -0.25) is 9.36 Å². The van der Waals surface area contributed by atoms with Gasteiger partial charge < -0.3 is 19.2 Å². The fourth-order valence-corrected chi connectivity index (χ4v) is 6.15. The predicted octanol–water partition coefficient (Wildman–Crippen LogP) is 6.27. The van der Waals surface area contributed by atoms with Gasteiger partial charge in [-0.1, -0.05) is 64.3 Å². The van der Waals surface area contributed by atoms with Gasteiger partial charge in [0, 0.05) is 21.8 Å². The predicted molar refractivity (Wildman–Crippen MR) is 166 cm³/mol. The van der Waals surface area contributed by atoms with Crippen LogP contribution in [-0.2, 0) is 14.3 Å². The molecule has 0 unspecified atom stereocenters. The molecular weight excluding hydrogens is 637 g/mol. The van der Waals surface area contributed by atoms with E-state index in [1.807, 2.05) is 0 Å². The van der Waals surface area contributed by atoms with Crippen LogP contribution in [0.5, 0.6) is 0 Å². The Morgan fingerprint density at radius 2 is 1.74 bits per heavy atom. The van der Waals surface area contributed by atoms with Gasteiger partial charge in [-0.05, 0) is 56.7 Å². The van der Waals surface area contributed by atoms with Crippen LogP contribution in [0.15, 0.2) is 74.0 Å². The number of nitrogens with zero attached hydrogens (tertiary/aromatic N) is 2. The highest BCUT2D eigenvalue weighted by Crippen LogP contribution is 2.36. The van der Waals surface area contributed by atoms with Crippen LogP contribution in [0, 0.1) is 0 Å². The molecule has 0 fully saturated rings. The van der Waals surface area contributed by atoms with Gasteiger partial charge in [0.05, 0.1) is 35.1 Å². The van der Waals surface area contributed by atoms with E-state index in [4.69, 9.17) is 48.7 Å². The Morgan fingerprint density at radius 3 is 2.42 bits per heavy atom. The van der Waals surface area contributed by atoms with E-state index in [9.17, 15) is 14.4 Å². The fourth-order valence-electron chi connectivity index (χ4n) is 4.56. The molecule has 0 bridgehead atoms. The summed E-state index contributed by atoms with van der Waals surface area (Å²) in [5.41, 5.74) is 1.34. The van der Waals surface area contributed by atoms with Gasteiger partial charge in [-0.2, -0.15) is 0 Å². The number of anilines is 2. The molecule has 1 aliphatic heterocycles. The van der Waals surface area contributed by atoms with Gasteiger partial charge in [-0.25, -0.2) is 14.6 Å². The Morgan fingerprint density at radius 1 is 1.05 bits per heavy atom. The van der Waals surface area contributed by atoms with Crippen LogP contribution >= 0.6 is 46.1 Å². The monoisotopic (exact) mass is 659 g/mol. The standard InChI is InChI=1S/C30H24Cl3N3O6S/c1-4-40-28(38)22-15(3)34-30-36(25(22)16-9-11-17(31)12-10-16)27(37)21(43-30)14-20-24(33)23(29(39)41-5-2)26(42-20)35-19-8-6-7-18(32)13-19/h6-14,25,35H,4-5H2,1-3H3/b21-14-/t25-/m1/s1. The smallest absolute Gasteiger partial charge is 0.345 e. The number of rotatable bonds is 8. The Labute approximate surface area is 264 Å². The Hall–Kier alpha value is -3.83. The molecule has 0 spiro atoms. The first-order chi connectivity index (χ1) is 20.6. The molecule has 43 heavy (non-hydrogen) atoms. The van der Waals surface area contributed by atoms with Crippen molar-refractivity contribution in [1.29, 1.82) is 0 Å². The quantitative estimate of drug-likeness (QED) is 0.222. The van der Waals surface area contributed by atoms with Crippen LogP contribution in [0.25, 0.3) is 6.08 Å². The number of benzene rings is 2. The lowest BCUT2D eigenvalue weighted by Gasteiger charge is -2.24. The van der Waals surface area contributed by atoms with Gasteiger partial charge in [0.15, 0.2) is 10.6 Å². The Balaban J connectivity index is 1.67. The van der Waals surface area contributed by atoms with Gasteiger partial charge in [-0.15, -0.1) is 0 Å². The summed E-state index contributed by atoms with van der Waals surface area (Å²) in [5.74, 6) is -1.23. The number of allylic oxidation sites excluding steroid dienone is 1. The number of furan rings is 1. The highest BCUT2D eigenvalue weighted by atomic mass is 35.5. The number of hydrogen-bond acceptors (Lipinski definition) is 9. The van der Waals surface area contributed by atoms with Crippen molar-refractivity contribution in [3.8, 4) is 0 Å². The molecule has 4 aromatic rings. The summed E-state index contributed by atoms with van der Waals surface area (Å²) in [4.78, 5) is 44.8.